The van der Waals surface area contributed by atoms with Crippen molar-refractivity contribution in [2.75, 3.05) is 0 Å². The Balaban J connectivity index is 2.05. The summed E-state index contributed by atoms with van der Waals surface area (Å²) < 4.78 is 0. The summed E-state index contributed by atoms with van der Waals surface area (Å²) in [4.78, 5) is 10.8. The van der Waals surface area contributed by atoms with E-state index in [0.717, 1.165) is 33.4 Å². The van der Waals surface area contributed by atoms with Crippen molar-refractivity contribution in [3.8, 4) is 0 Å². The standard InChI is InChI=1S/C26H19NO2/c28-27(29)24-18-16-23(17-19-24)26(22-14-8-3-9-15-22)25(20-10-4-1-5-11-20)21-12-6-2-7-13-21/h1-19H. The van der Waals surface area contributed by atoms with Gasteiger partial charge in [0, 0.05) is 12.1 Å². The zero-order valence-electron chi connectivity index (χ0n) is 15.7. The topological polar surface area (TPSA) is 43.1 Å². The number of benzene rings is 4. The Morgan fingerprint density at radius 1 is 0.483 bits per heavy atom. The summed E-state index contributed by atoms with van der Waals surface area (Å²) >= 11 is 0. The fourth-order valence-electron chi connectivity index (χ4n) is 3.47. The number of nitro groups is 1. The van der Waals surface area contributed by atoms with Gasteiger partial charge in [0.15, 0.2) is 0 Å². The third-order valence-electron chi connectivity index (χ3n) is 4.80. The highest BCUT2D eigenvalue weighted by atomic mass is 16.6. The number of nitro benzene ring substituents is 1. The largest absolute Gasteiger partial charge is 0.269 e. The van der Waals surface area contributed by atoms with Gasteiger partial charge in [0.1, 0.15) is 0 Å². The molecule has 0 heterocycles. The van der Waals surface area contributed by atoms with Gasteiger partial charge in [-0.25, -0.2) is 0 Å². The normalized spacial score (nSPS) is 10.3. The van der Waals surface area contributed by atoms with Crippen molar-refractivity contribution in [3.63, 3.8) is 0 Å². The minimum atomic E-state index is -0.370. The molecule has 3 heteroatoms. The summed E-state index contributed by atoms with van der Waals surface area (Å²) in [5.74, 6) is 0. The predicted octanol–water partition coefficient (Wildman–Crippen LogP) is 6.60. The van der Waals surface area contributed by atoms with Gasteiger partial charge in [-0.2, -0.15) is 0 Å². The first-order chi connectivity index (χ1) is 14.2. The molecule has 0 amide bonds. The molecule has 0 spiro atoms. The van der Waals surface area contributed by atoms with Crippen molar-refractivity contribution in [1.82, 2.24) is 0 Å². The second kappa shape index (κ2) is 8.36. The molecule has 140 valence electrons. The maximum atomic E-state index is 11.1. The maximum Gasteiger partial charge on any atom is 0.269 e. The zero-order chi connectivity index (χ0) is 20.1. The minimum absolute atomic E-state index is 0.0853. The molecule has 0 aromatic heterocycles. The van der Waals surface area contributed by atoms with Gasteiger partial charge in [-0.15, -0.1) is 0 Å². The Bertz CT molecular complexity index is 1090. The van der Waals surface area contributed by atoms with Crippen LogP contribution >= 0.6 is 0 Å². The molecule has 0 radical (unpaired) electrons. The summed E-state index contributed by atoms with van der Waals surface area (Å²) in [6.07, 6.45) is 0. The lowest BCUT2D eigenvalue weighted by Crippen LogP contribution is -1.98. The summed E-state index contributed by atoms with van der Waals surface area (Å²) in [6, 6.07) is 37.4. The molecule has 0 atom stereocenters. The van der Waals surface area contributed by atoms with E-state index >= 15 is 0 Å². The monoisotopic (exact) mass is 377 g/mol. The van der Waals surface area contributed by atoms with Crippen LogP contribution in [0.15, 0.2) is 115 Å². The van der Waals surface area contributed by atoms with E-state index in [1.165, 1.54) is 0 Å². The second-order valence-electron chi connectivity index (χ2n) is 6.65. The number of hydrogen-bond acceptors (Lipinski definition) is 2. The molecule has 4 aromatic carbocycles. The molecule has 3 nitrogen and oxygen atoms in total. The molecule has 4 rings (SSSR count). The number of hydrogen-bond donors (Lipinski definition) is 0. The van der Waals surface area contributed by atoms with Gasteiger partial charge >= 0.3 is 0 Å². The van der Waals surface area contributed by atoms with Crippen molar-refractivity contribution in [2.24, 2.45) is 0 Å². The van der Waals surface area contributed by atoms with Gasteiger partial charge in [0.2, 0.25) is 0 Å². The van der Waals surface area contributed by atoms with Gasteiger partial charge in [-0.1, -0.05) is 91.0 Å². The molecule has 0 saturated carbocycles. The number of non-ortho nitro benzene ring substituents is 1. The lowest BCUT2D eigenvalue weighted by molar-refractivity contribution is -0.384. The summed E-state index contributed by atoms with van der Waals surface area (Å²) in [5, 5.41) is 11.1. The van der Waals surface area contributed by atoms with Crippen LogP contribution in [0.1, 0.15) is 22.3 Å². The minimum Gasteiger partial charge on any atom is -0.258 e. The Morgan fingerprint density at radius 3 is 1.10 bits per heavy atom. The fourth-order valence-corrected chi connectivity index (χ4v) is 3.47. The van der Waals surface area contributed by atoms with E-state index < -0.39 is 0 Å². The van der Waals surface area contributed by atoms with Crippen LogP contribution in [-0.2, 0) is 0 Å². The molecule has 0 saturated heterocycles. The average molecular weight is 377 g/mol. The lowest BCUT2D eigenvalue weighted by atomic mass is 9.86. The molecular weight excluding hydrogens is 358 g/mol. The second-order valence-corrected chi connectivity index (χ2v) is 6.65. The average Bonchev–Trinajstić information content (AvgIpc) is 2.79. The molecule has 0 aliphatic rings. The van der Waals surface area contributed by atoms with Crippen LogP contribution < -0.4 is 0 Å². The van der Waals surface area contributed by atoms with Crippen LogP contribution in [-0.4, -0.2) is 4.92 Å². The van der Waals surface area contributed by atoms with E-state index in [1.807, 2.05) is 66.7 Å². The SMILES string of the molecule is O=[N+]([O-])c1ccc(C(=C(c2ccccc2)c2ccccc2)c2ccccc2)cc1. The summed E-state index contributed by atoms with van der Waals surface area (Å²) in [6.45, 7) is 0. The zero-order valence-corrected chi connectivity index (χ0v) is 15.7. The van der Waals surface area contributed by atoms with Gasteiger partial charge in [0.05, 0.1) is 4.92 Å². The van der Waals surface area contributed by atoms with E-state index in [4.69, 9.17) is 0 Å². The molecule has 0 unspecified atom stereocenters. The predicted molar refractivity (Wildman–Crippen MR) is 117 cm³/mol. The third-order valence-corrected chi connectivity index (χ3v) is 4.80. The van der Waals surface area contributed by atoms with Gasteiger partial charge in [0.25, 0.3) is 5.69 Å². The molecule has 29 heavy (non-hydrogen) atoms. The summed E-state index contributed by atoms with van der Waals surface area (Å²) in [5.41, 5.74) is 6.40. The highest BCUT2D eigenvalue weighted by Crippen LogP contribution is 2.37. The van der Waals surface area contributed by atoms with Crippen molar-refractivity contribution < 1.29 is 4.92 Å². The lowest BCUT2D eigenvalue weighted by Gasteiger charge is -2.18. The van der Waals surface area contributed by atoms with Crippen LogP contribution in [0.25, 0.3) is 11.1 Å². The third kappa shape index (κ3) is 3.99. The first kappa shape index (κ1) is 18.4. The van der Waals surface area contributed by atoms with E-state index in [0.29, 0.717) is 0 Å². The van der Waals surface area contributed by atoms with Crippen LogP contribution in [0.2, 0.25) is 0 Å². The number of nitrogens with zero attached hydrogens (tertiary/aromatic N) is 1. The number of rotatable bonds is 5. The fraction of sp³-hybridized carbons (Fsp3) is 0. The van der Waals surface area contributed by atoms with E-state index in [1.54, 1.807) is 12.1 Å². The Hall–Kier alpha value is -3.98. The molecule has 4 aromatic rings. The summed E-state index contributed by atoms with van der Waals surface area (Å²) in [7, 11) is 0. The van der Waals surface area contributed by atoms with Crippen LogP contribution in [0.5, 0.6) is 0 Å². The van der Waals surface area contributed by atoms with Crippen molar-refractivity contribution in [3.05, 3.63) is 148 Å². The molecule has 0 fully saturated rings. The smallest absolute Gasteiger partial charge is 0.258 e. The maximum absolute atomic E-state index is 11.1. The first-order valence-electron chi connectivity index (χ1n) is 9.39. The molecular formula is C26H19NO2. The highest BCUT2D eigenvalue weighted by Gasteiger charge is 2.16. The quantitative estimate of drug-likeness (QED) is 0.223. The van der Waals surface area contributed by atoms with Crippen molar-refractivity contribution >= 4 is 16.8 Å². The first-order valence-corrected chi connectivity index (χ1v) is 9.39. The van der Waals surface area contributed by atoms with E-state index in [9.17, 15) is 10.1 Å². The molecule has 0 aliphatic carbocycles. The van der Waals surface area contributed by atoms with Gasteiger partial charge < -0.3 is 0 Å². The molecule has 0 N–H and O–H groups in total. The molecule has 0 aliphatic heterocycles. The van der Waals surface area contributed by atoms with Crippen molar-refractivity contribution in [2.45, 2.75) is 0 Å². The van der Waals surface area contributed by atoms with E-state index in [2.05, 4.69) is 36.4 Å². The van der Waals surface area contributed by atoms with Gasteiger partial charge in [-0.05, 0) is 45.5 Å². The Kier molecular flexibility index (Phi) is 5.30. The van der Waals surface area contributed by atoms with Crippen LogP contribution in [0.3, 0.4) is 0 Å². The van der Waals surface area contributed by atoms with Crippen LogP contribution in [0, 0.1) is 10.1 Å². The van der Waals surface area contributed by atoms with Crippen LogP contribution in [0.4, 0.5) is 5.69 Å². The van der Waals surface area contributed by atoms with E-state index in [-0.39, 0.29) is 10.6 Å². The van der Waals surface area contributed by atoms with Gasteiger partial charge in [-0.3, -0.25) is 10.1 Å². The highest BCUT2D eigenvalue weighted by molar-refractivity contribution is 6.04. The Morgan fingerprint density at radius 2 is 0.793 bits per heavy atom. The Labute approximate surface area is 169 Å². The molecule has 0 bridgehead atoms. The van der Waals surface area contributed by atoms with Crippen molar-refractivity contribution in [1.29, 1.82) is 0 Å².